The van der Waals surface area contributed by atoms with Crippen molar-refractivity contribution in [2.24, 2.45) is 35.5 Å². The van der Waals surface area contributed by atoms with Crippen molar-refractivity contribution in [3.05, 3.63) is 84.0 Å². The third-order valence-corrected chi connectivity index (χ3v) is 24.2. The summed E-state index contributed by atoms with van der Waals surface area (Å²) in [7, 11) is 4.56. The summed E-state index contributed by atoms with van der Waals surface area (Å²) < 4.78 is 83.8. The molecule has 37 nitrogen and oxygen atoms in total. The van der Waals surface area contributed by atoms with Crippen LogP contribution in [0.1, 0.15) is 176 Å². The van der Waals surface area contributed by atoms with Gasteiger partial charge in [0.1, 0.15) is 65.8 Å². The van der Waals surface area contributed by atoms with Gasteiger partial charge < -0.3 is 103 Å². The lowest BCUT2D eigenvalue weighted by Gasteiger charge is -2.42. The quantitative estimate of drug-likeness (QED) is 0.00926. The molecule has 4 aliphatic rings. The summed E-state index contributed by atoms with van der Waals surface area (Å²) in [5, 5.41) is 43.7. The molecular weight excluding hydrogens is 1670 g/mol. The Morgan fingerprint density at radius 1 is 0.721 bits per heavy atom. The van der Waals surface area contributed by atoms with E-state index in [1.165, 1.54) is 18.3 Å². The van der Waals surface area contributed by atoms with E-state index in [1.54, 1.807) is 69.6 Å². The Bertz CT molecular complexity index is 4510. The Morgan fingerprint density at radius 2 is 1.40 bits per heavy atom. The van der Waals surface area contributed by atoms with Crippen LogP contribution < -0.4 is 22.1 Å². The first-order valence-electron chi connectivity index (χ1n) is 45.5. The van der Waals surface area contributed by atoms with Crippen LogP contribution in [0.4, 0.5) is 11.8 Å². The van der Waals surface area contributed by atoms with Gasteiger partial charge in [-0.1, -0.05) is 76.3 Å². The third-order valence-electron chi connectivity index (χ3n) is 24.2. The number of aromatic nitrogens is 8. The van der Waals surface area contributed by atoms with Gasteiger partial charge in [-0.05, 0) is 144 Å². The normalized spacial score (nSPS) is 26.2. The molecule has 7 heterocycles. The summed E-state index contributed by atoms with van der Waals surface area (Å²) >= 11 is 0. The Balaban J connectivity index is 0.598. The predicted molar refractivity (Wildman–Crippen MR) is 475 cm³/mol. The van der Waals surface area contributed by atoms with Gasteiger partial charge in [0.05, 0.1) is 122 Å². The first-order valence-corrected chi connectivity index (χ1v) is 45.5. The molecule has 1 saturated carbocycles. The Labute approximate surface area is 754 Å². The fraction of sp³-hybridized carbons (Fsp3) is 0.674. The number of ether oxygens (including phenoxy) is 13. The number of oxazole rings is 1. The molecule has 3 aliphatic heterocycles. The zero-order valence-corrected chi connectivity index (χ0v) is 76.7. The van der Waals surface area contributed by atoms with Gasteiger partial charge >= 0.3 is 11.9 Å². The van der Waals surface area contributed by atoms with Gasteiger partial charge in [0.15, 0.2) is 17.0 Å². The van der Waals surface area contributed by atoms with E-state index in [1.807, 2.05) is 63.3 Å². The second kappa shape index (κ2) is 53.9. The van der Waals surface area contributed by atoms with Crippen LogP contribution in [0.3, 0.4) is 0 Å². The number of nitrogens with two attached hydrogens (primary N) is 2. The highest BCUT2D eigenvalue weighted by molar-refractivity contribution is 6.39. The van der Waals surface area contributed by atoms with E-state index in [4.69, 9.17) is 82.6 Å². The number of benzene rings is 1. The Kier molecular flexibility index (Phi) is 43.3. The van der Waals surface area contributed by atoms with Crippen LogP contribution in [0.2, 0.25) is 0 Å². The molecule has 8 N–H and O–H groups in total. The second-order valence-corrected chi connectivity index (χ2v) is 34.0. The fourth-order valence-corrected chi connectivity index (χ4v) is 16.7. The molecule has 9 rings (SSSR count). The van der Waals surface area contributed by atoms with Crippen molar-refractivity contribution >= 4 is 81.0 Å². The van der Waals surface area contributed by atoms with Crippen LogP contribution in [-0.2, 0) is 113 Å². The molecule has 37 heteroatoms. The van der Waals surface area contributed by atoms with Gasteiger partial charge in [0.25, 0.3) is 17.7 Å². The van der Waals surface area contributed by atoms with Gasteiger partial charge in [-0.2, -0.15) is 10.1 Å². The highest BCUT2D eigenvalue weighted by Crippen LogP contribution is 2.41. The minimum Gasteiger partial charge on any atom is -0.460 e. The maximum absolute atomic E-state index is 14.8. The van der Waals surface area contributed by atoms with Crippen LogP contribution in [-0.4, -0.2) is 284 Å². The lowest BCUT2D eigenvalue weighted by atomic mass is 9.77. The molecule has 4 aromatic heterocycles. The number of rotatable bonds is 43. The molecule has 0 spiro atoms. The Morgan fingerprint density at radius 3 is 2.09 bits per heavy atom. The maximum atomic E-state index is 14.8. The maximum Gasteiger partial charge on any atom is 0.329 e. The van der Waals surface area contributed by atoms with Crippen molar-refractivity contribution in [2.45, 2.75) is 232 Å². The number of fused-ring (bicyclic) bond motifs is 5. The molecular formula is C92H137N13O24. The lowest BCUT2D eigenvalue weighted by molar-refractivity contribution is -0.265. The summed E-state index contributed by atoms with van der Waals surface area (Å²) in [5.41, 5.74) is 16.8. The first-order chi connectivity index (χ1) is 62.2. The van der Waals surface area contributed by atoms with E-state index in [-0.39, 0.29) is 118 Å². The van der Waals surface area contributed by atoms with E-state index < -0.39 is 89.6 Å². The molecule has 1 aliphatic carbocycles. The number of nitrogens with zero attached hydrogens (tertiary/aromatic N) is 9. The van der Waals surface area contributed by atoms with Gasteiger partial charge in [-0.3, -0.25) is 33.6 Å². The van der Waals surface area contributed by atoms with Crippen LogP contribution in [0, 0.1) is 35.5 Å². The second-order valence-electron chi connectivity index (χ2n) is 34.0. The minimum atomic E-state index is -2.48. The van der Waals surface area contributed by atoms with Gasteiger partial charge in [-0.15, -0.1) is 5.10 Å². The number of hydrogen-bond donors (Lipinski definition) is 6. The summed E-state index contributed by atoms with van der Waals surface area (Å²) in [4.78, 5) is 124. The predicted octanol–water partition coefficient (Wildman–Crippen LogP) is 8.20. The van der Waals surface area contributed by atoms with Crippen LogP contribution in [0.15, 0.2) is 82.7 Å². The Hall–Kier alpha value is -9.22. The van der Waals surface area contributed by atoms with Crippen molar-refractivity contribution in [1.82, 2.24) is 55.3 Å². The number of cyclic esters (lactones) is 1. The molecule has 3 amide bonds. The number of methoxy groups -OCH3 is 3. The number of ketones is 3. The number of aliphatic hydroxyl groups is 2. The van der Waals surface area contributed by atoms with Gasteiger partial charge in [0, 0.05) is 110 Å². The van der Waals surface area contributed by atoms with Crippen LogP contribution in [0.25, 0.3) is 33.4 Å². The van der Waals surface area contributed by atoms with E-state index in [0.717, 1.165) is 24.0 Å². The first kappa shape index (κ1) is 104. The minimum absolute atomic E-state index is 0.0204. The molecule has 0 radical (unpaired) electrons. The molecule has 15 atom stereocenters. The number of anilines is 2. The number of piperidine rings is 1. The standard InChI is InChI=1S/C92H137N13O24/c1-59-19-12-11-13-20-60(2)75(116-8)54-69-26-23-65(7)92(115,129-69)86(112)89(113)103-33-16-14-21-72(103)90(114)127-76(55-73(106)61(3)50-64(6)84(111)85(118-10)83(110)63(5)49-59)62(4)51-66-24-27-71(77(52-66)117-9)105-56-68(100-102-105)57-126-80(109)22-18-35-119-39-43-123-44-40-121-37-30-79(108)96-32-38-122-42-46-125-48-47-124-45-41-120-36-29-78(107)95-31-15-17-34-104-88-81(87(93)97-58-98-88)82(101-104)67-25-28-74-70(53-67)99-91(94)128-74/h11-13,19-20,25,28,50,53,56,58-59,61-63,65-66,69,71-72,75-77,84-85,111,115H,14-18,21-24,26-27,29-49,51-52,54-55,57H2,1-10H3,(H2,94,99)(H,95,107)(H,96,108)(H2,93,97,98)/b13-11+,19-12+,60-20+,64-50+/t59-,61-,62-,63-,65-,66+,69+,71+,72+,75+,76+,77-,84-,85+,92-/m1/s1. The van der Waals surface area contributed by atoms with E-state index in [0.29, 0.717) is 208 Å². The molecule has 0 unspecified atom stereocenters. The molecule has 1 aromatic carbocycles. The fourth-order valence-electron chi connectivity index (χ4n) is 16.7. The van der Waals surface area contributed by atoms with E-state index in [2.05, 4.69) is 35.9 Å². The van der Waals surface area contributed by atoms with E-state index in [9.17, 15) is 48.6 Å². The number of allylic oxidation sites excluding steroid dienone is 6. The molecule has 5 aromatic rings. The zero-order valence-electron chi connectivity index (χ0n) is 76.7. The van der Waals surface area contributed by atoms with Crippen molar-refractivity contribution < 1.29 is 115 Å². The topological polar surface area (TPSA) is 477 Å². The monoisotopic (exact) mass is 1810 g/mol. The number of aryl methyl sites for hydroxylation is 1. The van der Waals surface area contributed by atoms with Gasteiger partial charge in [-0.25, -0.2) is 24.1 Å². The van der Waals surface area contributed by atoms with Crippen molar-refractivity contribution in [1.29, 1.82) is 0 Å². The van der Waals surface area contributed by atoms with Crippen molar-refractivity contribution in [2.75, 3.05) is 145 Å². The number of nitrogen functional groups attached to an aromatic ring is 2. The zero-order chi connectivity index (χ0) is 92.8. The van der Waals surface area contributed by atoms with Crippen molar-refractivity contribution in [3.8, 4) is 11.3 Å². The number of esters is 2. The average molecular weight is 1810 g/mol. The highest BCUT2D eigenvalue weighted by atomic mass is 16.6. The number of hydrogen-bond acceptors (Lipinski definition) is 32. The van der Waals surface area contributed by atoms with Crippen LogP contribution >= 0.6 is 0 Å². The average Bonchev–Trinajstić information content (AvgIpc) is 1.53. The molecule has 2 bridgehead atoms. The summed E-state index contributed by atoms with van der Waals surface area (Å²) in [6.45, 7) is 18.5. The number of carbonyl (C=O) groups is 8. The number of amides is 3. The highest BCUT2D eigenvalue weighted by Gasteiger charge is 2.53. The number of carbonyl (C=O) groups excluding carboxylic acids is 8. The SMILES string of the molecule is CO[C@H]1C[C@@H]2CC[C@@H](C)[C@@](O)(O2)C(=O)C(=O)N2CCCC[C@H]2C(=O)O[C@H]([C@H](C)C[C@@H]2CC[C@H](n3cc(COC(=O)CCCOCCOCCOCCC(=O)NCCOCCOCCOCCOCCC(=O)NCCCCn4nc(-c5ccc6oc(N)nc6c5)c5c(N)ncnc54)nn3)[C@H](OC)C2)CC(=O)[C@H](C)/C=C(\C)[C@@H](O)[C@@H](OC)C(=O)[C@H](C)C[C@H](C)/C=C/C=C/C=C/1C. The van der Waals surface area contributed by atoms with Gasteiger partial charge in [0.2, 0.25) is 17.6 Å². The number of aliphatic hydroxyl groups excluding tert-OH is 1. The molecule has 714 valence electrons. The largest absolute Gasteiger partial charge is 0.460 e. The molecule has 3 fully saturated rings. The van der Waals surface area contributed by atoms with Crippen LogP contribution in [0.5, 0.6) is 0 Å². The smallest absolute Gasteiger partial charge is 0.329 e. The number of unbranched alkanes of at least 4 members (excludes halogenated alkanes) is 1. The lowest BCUT2D eigenvalue weighted by Crippen LogP contribution is -2.61. The summed E-state index contributed by atoms with van der Waals surface area (Å²) in [5.74, 6) is -8.95. The third kappa shape index (κ3) is 32.1. The molecule has 2 saturated heterocycles. The summed E-state index contributed by atoms with van der Waals surface area (Å²) in [6.07, 6.45) is 16.6. The number of nitrogens with one attached hydrogen (secondary N) is 2. The number of Topliss-reactive ketones (excluding diaryl/α,β-unsaturated/α-hetero) is 3. The van der Waals surface area contributed by atoms with Crippen molar-refractivity contribution in [3.63, 3.8) is 0 Å². The van der Waals surface area contributed by atoms with E-state index >= 15 is 0 Å². The summed E-state index contributed by atoms with van der Waals surface area (Å²) in [6, 6.07) is 4.12. The molecule has 129 heavy (non-hydrogen) atoms.